The van der Waals surface area contributed by atoms with E-state index in [0.29, 0.717) is 5.89 Å². The van der Waals surface area contributed by atoms with Crippen molar-refractivity contribution in [2.75, 3.05) is 18.2 Å². The molecular formula is C20H22N4O2. The van der Waals surface area contributed by atoms with Crippen LogP contribution in [-0.2, 0) is 17.7 Å². The molecule has 3 heterocycles. The third-order valence-electron chi connectivity index (χ3n) is 4.43. The Morgan fingerprint density at radius 2 is 1.92 bits per heavy atom. The first-order valence-electron chi connectivity index (χ1n) is 9.12. The number of hydroxylamine groups is 1. The van der Waals surface area contributed by atoms with Crippen LogP contribution >= 0.6 is 0 Å². The molecule has 0 bridgehead atoms. The van der Waals surface area contributed by atoms with Crippen LogP contribution in [0.25, 0.3) is 11.5 Å². The van der Waals surface area contributed by atoms with Gasteiger partial charge >= 0.3 is 0 Å². The van der Waals surface area contributed by atoms with Crippen LogP contribution < -0.4 is 5.06 Å². The monoisotopic (exact) mass is 350 g/mol. The molecule has 4 rings (SSSR count). The highest BCUT2D eigenvalue weighted by Gasteiger charge is 2.14. The van der Waals surface area contributed by atoms with Crippen molar-refractivity contribution in [3.63, 3.8) is 0 Å². The van der Waals surface area contributed by atoms with Crippen molar-refractivity contribution < 1.29 is 9.36 Å². The predicted octanol–water partition coefficient (Wildman–Crippen LogP) is 3.84. The molecule has 0 atom stereocenters. The van der Waals surface area contributed by atoms with Crippen LogP contribution in [-0.4, -0.2) is 28.3 Å². The maximum absolute atomic E-state index is 5.61. The van der Waals surface area contributed by atoms with Crippen molar-refractivity contribution in [1.82, 2.24) is 15.1 Å². The largest absolute Gasteiger partial charge is 0.334 e. The fourth-order valence-electron chi connectivity index (χ4n) is 3.01. The summed E-state index contributed by atoms with van der Waals surface area (Å²) in [7, 11) is 0. The highest BCUT2D eigenvalue weighted by atomic mass is 16.7. The van der Waals surface area contributed by atoms with Gasteiger partial charge in [0, 0.05) is 19.2 Å². The lowest BCUT2D eigenvalue weighted by atomic mass is 10.1. The average molecular weight is 350 g/mol. The molecule has 1 fully saturated rings. The van der Waals surface area contributed by atoms with Crippen molar-refractivity contribution >= 4 is 5.82 Å². The number of nitrogens with zero attached hydrogens (tertiary/aromatic N) is 4. The minimum atomic E-state index is 0.512. The van der Waals surface area contributed by atoms with Gasteiger partial charge in [-0.2, -0.15) is 4.98 Å². The Balaban J connectivity index is 1.35. The Morgan fingerprint density at radius 3 is 2.69 bits per heavy atom. The van der Waals surface area contributed by atoms with Crippen molar-refractivity contribution in [3.05, 3.63) is 60.0 Å². The second kappa shape index (κ2) is 8.10. The quantitative estimate of drug-likeness (QED) is 0.673. The van der Waals surface area contributed by atoms with Gasteiger partial charge < -0.3 is 4.52 Å². The summed E-state index contributed by atoms with van der Waals surface area (Å²) < 4.78 is 5.39. The van der Waals surface area contributed by atoms with Gasteiger partial charge in [0.1, 0.15) is 0 Å². The molecule has 0 N–H and O–H groups in total. The van der Waals surface area contributed by atoms with E-state index in [1.54, 1.807) is 6.20 Å². The molecule has 1 aromatic carbocycles. The number of hydrogen-bond donors (Lipinski definition) is 0. The number of pyridine rings is 1. The van der Waals surface area contributed by atoms with E-state index in [1.807, 2.05) is 23.3 Å². The molecule has 0 radical (unpaired) electrons. The Labute approximate surface area is 152 Å². The van der Waals surface area contributed by atoms with E-state index in [4.69, 9.17) is 9.36 Å². The second-order valence-electron chi connectivity index (χ2n) is 6.40. The van der Waals surface area contributed by atoms with E-state index in [0.717, 1.165) is 62.5 Å². The maximum atomic E-state index is 5.61. The fraction of sp³-hybridized carbons (Fsp3) is 0.350. The minimum Gasteiger partial charge on any atom is -0.334 e. The van der Waals surface area contributed by atoms with Crippen LogP contribution in [0.2, 0.25) is 0 Å². The van der Waals surface area contributed by atoms with Gasteiger partial charge in [-0.25, -0.2) is 10.0 Å². The summed E-state index contributed by atoms with van der Waals surface area (Å²) in [6, 6.07) is 14.3. The summed E-state index contributed by atoms with van der Waals surface area (Å²) in [6.45, 7) is 1.62. The normalized spacial score (nSPS) is 14.5. The molecule has 0 saturated carbocycles. The second-order valence-corrected chi connectivity index (χ2v) is 6.40. The number of aromatic nitrogens is 3. The number of hydrogen-bond acceptors (Lipinski definition) is 6. The number of rotatable bonds is 6. The summed E-state index contributed by atoms with van der Waals surface area (Å²) in [6.07, 6.45) is 6.78. The summed E-state index contributed by atoms with van der Waals surface area (Å²) in [5.41, 5.74) is 2.16. The van der Waals surface area contributed by atoms with Gasteiger partial charge in [-0.15, -0.1) is 0 Å². The van der Waals surface area contributed by atoms with E-state index >= 15 is 0 Å². The van der Waals surface area contributed by atoms with E-state index in [9.17, 15) is 0 Å². The number of anilines is 1. The lowest BCUT2D eigenvalue weighted by Crippen LogP contribution is -2.30. The van der Waals surface area contributed by atoms with Crippen molar-refractivity contribution in [2.24, 2.45) is 0 Å². The van der Waals surface area contributed by atoms with E-state index in [1.165, 1.54) is 5.56 Å². The van der Waals surface area contributed by atoms with Crippen molar-refractivity contribution in [1.29, 1.82) is 0 Å². The molecule has 1 aliphatic heterocycles. The Morgan fingerprint density at radius 1 is 1.00 bits per heavy atom. The molecule has 26 heavy (non-hydrogen) atoms. The molecule has 1 aliphatic rings. The highest BCUT2D eigenvalue weighted by Crippen LogP contribution is 2.21. The van der Waals surface area contributed by atoms with Gasteiger partial charge in [0.05, 0.1) is 12.2 Å². The molecule has 0 unspecified atom stereocenters. The molecule has 0 aliphatic carbocycles. The standard InChI is InChI=1S/C20H22N4O2/c1-2-7-16(8-3-1)9-6-10-18-22-20(26-23-18)17-11-12-19(21-15-17)24-13-4-5-14-25-24/h1-3,7-8,11-12,15H,4-6,9-10,13-14H2. The van der Waals surface area contributed by atoms with Crippen LogP contribution in [0.5, 0.6) is 0 Å². The van der Waals surface area contributed by atoms with Gasteiger partial charge in [-0.3, -0.25) is 4.84 Å². The summed E-state index contributed by atoms with van der Waals surface area (Å²) >= 11 is 0. The van der Waals surface area contributed by atoms with Crippen LogP contribution in [0, 0.1) is 0 Å². The molecule has 0 amide bonds. The lowest BCUT2D eigenvalue weighted by molar-refractivity contribution is 0.0761. The van der Waals surface area contributed by atoms with Crippen LogP contribution in [0.1, 0.15) is 30.7 Å². The topological polar surface area (TPSA) is 64.3 Å². The number of aryl methyl sites for hydroxylation is 2. The van der Waals surface area contributed by atoms with Gasteiger partial charge in [0.2, 0.25) is 0 Å². The first-order valence-corrected chi connectivity index (χ1v) is 9.12. The average Bonchev–Trinajstić information content (AvgIpc) is 3.19. The Bertz CT molecular complexity index is 811. The maximum Gasteiger partial charge on any atom is 0.259 e. The third-order valence-corrected chi connectivity index (χ3v) is 4.43. The van der Waals surface area contributed by atoms with E-state index in [2.05, 4.69) is 39.4 Å². The molecule has 6 heteroatoms. The molecule has 2 aromatic heterocycles. The minimum absolute atomic E-state index is 0.512. The fourth-order valence-corrected chi connectivity index (χ4v) is 3.01. The molecular weight excluding hydrogens is 328 g/mol. The first kappa shape index (κ1) is 16.7. The zero-order valence-electron chi connectivity index (χ0n) is 14.7. The molecule has 0 spiro atoms. The van der Waals surface area contributed by atoms with Gasteiger partial charge in [-0.1, -0.05) is 35.5 Å². The molecule has 1 saturated heterocycles. The van der Waals surface area contributed by atoms with E-state index < -0.39 is 0 Å². The van der Waals surface area contributed by atoms with Gasteiger partial charge in [-0.05, 0) is 43.4 Å². The zero-order valence-corrected chi connectivity index (χ0v) is 14.7. The van der Waals surface area contributed by atoms with Crippen LogP contribution in [0.15, 0.2) is 53.2 Å². The molecule has 134 valence electrons. The third kappa shape index (κ3) is 4.08. The lowest BCUT2D eigenvalue weighted by Gasteiger charge is -2.26. The van der Waals surface area contributed by atoms with Crippen LogP contribution in [0.3, 0.4) is 0 Å². The van der Waals surface area contributed by atoms with Crippen LogP contribution in [0.4, 0.5) is 5.82 Å². The first-order chi connectivity index (χ1) is 12.9. The predicted molar refractivity (Wildman–Crippen MR) is 98.5 cm³/mol. The smallest absolute Gasteiger partial charge is 0.259 e. The van der Waals surface area contributed by atoms with Gasteiger partial charge in [0.25, 0.3) is 5.89 Å². The summed E-state index contributed by atoms with van der Waals surface area (Å²) in [4.78, 5) is 14.6. The molecule has 3 aromatic rings. The Hall–Kier alpha value is -2.73. The van der Waals surface area contributed by atoms with Crippen molar-refractivity contribution in [2.45, 2.75) is 32.1 Å². The SMILES string of the molecule is c1ccc(CCCc2noc(-c3ccc(N4CCCCO4)nc3)n2)cc1. The molecule has 6 nitrogen and oxygen atoms in total. The zero-order chi connectivity index (χ0) is 17.6. The Kier molecular flexibility index (Phi) is 5.21. The number of benzene rings is 1. The van der Waals surface area contributed by atoms with Crippen molar-refractivity contribution in [3.8, 4) is 11.5 Å². The summed E-state index contributed by atoms with van der Waals surface area (Å²) in [5.74, 6) is 2.06. The summed E-state index contributed by atoms with van der Waals surface area (Å²) in [5, 5.41) is 5.93. The highest BCUT2D eigenvalue weighted by molar-refractivity contribution is 5.54. The van der Waals surface area contributed by atoms with E-state index in [-0.39, 0.29) is 0 Å². The van der Waals surface area contributed by atoms with Gasteiger partial charge in [0.15, 0.2) is 11.6 Å².